The molecule has 0 heterocycles. The van der Waals surface area contributed by atoms with E-state index in [0.29, 0.717) is 0 Å². The summed E-state index contributed by atoms with van der Waals surface area (Å²) in [4.78, 5) is 0. The minimum absolute atomic E-state index is 1.27. The molecule has 0 fully saturated rings. The topological polar surface area (TPSA) is 0 Å². The van der Waals surface area contributed by atoms with Crippen LogP contribution in [0, 0.1) is 0 Å². The van der Waals surface area contributed by atoms with Gasteiger partial charge in [-0.3, -0.25) is 0 Å². The highest BCUT2D eigenvalue weighted by Gasteiger charge is 2.26. The molecule has 0 aliphatic heterocycles. The van der Waals surface area contributed by atoms with E-state index in [9.17, 15) is 0 Å². The Kier molecular flexibility index (Phi) is 3.48. The van der Waals surface area contributed by atoms with E-state index in [1.165, 1.54) is 76.5 Å². The van der Waals surface area contributed by atoms with E-state index in [1.807, 2.05) is 0 Å². The molecule has 7 aromatic rings. The Hall–Kier alpha value is -4.42. The minimum Gasteiger partial charge on any atom is -0.0622 e. The molecule has 0 aromatic heterocycles. The fourth-order valence-electron chi connectivity index (χ4n) is 5.97. The van der Waals surface area contributed by atoms with Gasteiger partial charge in [0.05, 0.1) is 0 Å². The summed E-state index contributed by atoms with van der Waals surface area (Å²) in [7, 11) is 0. The maximum atomic E-state index is 2.42. The van der Waals surface area contributed by atoms with Crippen molar-refractivity contribution >= 4 is 43.1 Å². The lowest BCUT2D eigenvalue weighted by Crippen LogP contribution is -1.86. The van der Waals surface area contributed by atoms with Crippen LogP contribution < -0.4 is 0 Å². The second kappa shape index (κ2) is 6.56. The van der Waals surface area contributed by atoms with E-state index in [-0.39, 0.29) is 0 Å². The van der Waals surface area contributed by atoms with Gasteiger partial charge in [0.15, 0.2) is 0 Å². The summed E-state index contributed by atoms with van der Waals surface area (Å²) >= 11 is 0. The third kappa shape index (κ3) is 2.37. The zero-order valence-corrected chi connectivity index (χ0v) is 18.5. The molecule has 0 saturated heterocycles. The first kappa shape index (κ1) is 18.1. The van der Waals surface area contributed by atoms with E-state index < -0.39 is 0 Å². The predicted octanol–water partition coefficient (Wildman–Crippen LogP) is 9.61. The Balaban J connectivity index is 1.56. The lowest BCUT2D eigenvalue weighted by atomic mass is 9.90. The molecule has 0 saturated carbocycles. The molecular weight excluding hydrogens is 408 g/mol. The molecule has 34 heavy (non-hydrogen) atoms. The van der Waals surface area contributed by atoms with E-state index >= 15 is 0 Å². The molecule has 0 amide bonds. The van der Waals surface area contributed by atoms with Crippen molar-refractivity contribution in [2.24, 2.45) is 0 Å². The van der Waals surface area contributed by atoms with Crippen LogP contribution in [0.1, 0.15) is 0 Å². The van der Waals surface area contributed by atoms with Gasteiger partial charge in [-0.1, -0.05) is 91.0 Å². The maximum Gasteiger partial charge on any atom is -0.00137 e. The Labute approximate surface area is 197 Å². The van der Waals surface area contributed by atoms with Gasteiger partial charge >= 0.3 is 0 Å². The average molecular weight is 429 g/mol. The van der Waals surface area contributed by atoms with Crippen LogP contribution in [0.5, 0.6) is 0 Å². The van der Waals surface area contributed by atoms with Gasteiger partial charge in [-0.15, -0.1) is 0 Å². The van der Waals surface area contributed by atoms with E-state index in [1.54, 1.807) is 0 Å². The third-order valence-electron chi connectivity index (χ3n) is 7.51. The molecule has 1 aliphatic carbocycles. The first-order chi connectivity index (χ1) is 16.8. The molecule has 0 nitrogen and oxygen atoms in total. The number of hydrogen-bond donors (Lipinski definition) is 0. The summed E-state index contributed by atoms with van der Waals surface area (Å²) in [6.07, 6.45) is 0. The van der Waals surface area contributed by atoms with Gasteiger partial charge in [-0.05, 0) is 107 Å². The Morgan fingerprint density at radius 3 is 1.71 bits per heavy atom. The molecule has 8 rings (SSSR count). The first-order valence-corrected chi connectivity index (χ1v) is 11.9. The second-order valence-corrected chi connectivity index (χ2v) is 9.37. The van der Waals surface area contributed by atoms with Crippen molar-refractivity contribution in [3.8, 4) is 33.4 Å². The van der Waals surface area contributed by atoms with Crippen molar-refractivity contribution in [1.82, 2.24) is 0 Å². The fourth-order valence-corrected chi connectivity index (χ4v) is 5.97. The summed E-state index contributed by atoms with van der Waals surface area (Å²) in [6, 6.07) is 44.8. The molecule has 0 heteroatoms. The fraction of sp³-hybridized carbons (Fsp3) is 0. The normalized spacial score (nSPS) is 12.1. The van der Waals surface area contributed by atoms with Crippen LogP contribution >= 0.6 is 0 Å². The lowest BCUT2D eigenvalue weighted by Gasteiger charge is -2.12. The van der Waals surface area contributed by atoms with Crippen molar-refractivity contribution in [2.75, 3.05) is 0 Å². The van der Waals surface area contributed by atoms with Crippen molar-refractivity contribution in [3.05, 3.63) is 121 Å². The Morgan fingerprint density at radius 1 is 0.324 bits per heavy atom. The van der Waals surface area contributed by atoms with Gasteiger partial charge in [0.2, 0.25) is 0 Å². The van der Waals surface area contributed by atoms with E-state index in [2.05, 4.69) is 121 Å². The maximum absolute atomic E-state index is 2.42. The van der Waals surface area contributed by atoms with Crippen molar-refractivity contribution in [3.63, 3.8) is 0 Å². The summed E-state index contributed by atoms with van der Waals surface area (Å²) in [5.41, 5.74) is 7.99. The molecule has 0 bridgehead atoms. The van der Waals surface area contributed by atoms with E-state index in [4.69, 9.17) is 0 Å². The number of hydrogen-bond acceptors (Lipinski definition) is 0. The average Bonchev–Trinajstić information content (AvgIpc) is 3.20. The molecule has 1 aliphatic rings. The molecule has 0 atom stereocenters. The van der Waals surface area contributed by atoms with Gasteiger partial charge in [-0.2, -0.15) is 0 Å². The minimum atomic E-state index is 1.27. The Morgan fingerprint density at radius 2 is 0.941 bits per heavy atom. The summed E-state index contributed by atoms with van der Waals surface area (Å²) in [6.45, 7) is 0. The molecule has 156 valence electrons. The van der Waals surface area contributed by atoms with Gasteiger partial charge in [0.1, 0.15) is 0 Å². The number of rotatable bonds is 1. The van der Waals surface area contributed by atoms with Crippen LogP contribution in [-0.4, -0.2) is 0 Å². The smallest absolute Gasteiger partial charge is 0.00137 e. The highest BCUT2D eigenvalue weighted by Crippen LogP contribution is 2.53. The monoisotopic (exact) mass is 428 g/mol. The van der Waals surface area contributed by atoms with Crippen molar-refractivity contribution in [1.29, 1.82) is 0 Å². The highest BCUT2D eigenvalue weighted by atomic mass is 14.3. The van der Waals surface area contributed by atoms with Crippen LogP contribution in [0.25, 0.3) is 76.5 Å². The van der Waals surface area contributed by atoms with Crippen molar-refractivity contribution in [2.45, 2.75) is 0 Å². The summed E-state index contributed by atoms with van der Waals surface area (Å²) in [5, 5.41) is 10.5. The second-order valence-electron chi connectivity index (χ2n) is 9.37. The SMILES string of the molecule is c1ccc(-c2ccc3c4c(cc5ccccc53)-c3cc5cc6ccccc6cc5cc3-c24)cc1. The quantitative estimate of drug-likeness (QED) is 0.180. The zero-order chi connectivity index (χ0) is 22.2. The zero-order valence-electron chi connectivity index (χ0n) is 18.5. The lowest BCUT2D eigenvalue weighted by molar-refractivity contribution is 1.65. The van der Waals surface area contributed by atoms with Gasteiger partial charge in [0, 0.05) is 0 Å². The summed E-state index contributed by atoms with van der Waals surface area (Å²) < 4.78 is 0. The third-order valence-corrected chi connectivity index (χ3v) is 7.51. The van der Waals surface area contributed by atoms with Crippen LogP contribution in [0.3, 0.4) is 0 Å². The molecular formula is C34H20. The van der Waals surface area contributed by atoms with Crippen LogP contribution in [0.15, 0.2) is 121 Å². The first-order valence-electron chi connectivity index (χ1n) is 11.9. The molecule has 0 N–H and O–H groups in total. The number of fused-ring (bicyclic) bond motifs is 7. The molecule has 0 spiro atoms. The molecule has 0 radical (unpaired) electrons. The van der Waals surface area contributed by atoms with Crippen LogP contribution in [0.2, 0.25) is 0 Å². The molecule has 7 aromatic carbocycles. The van der Waals surface area contributed by atoms with Crippen molar-refractivity contribution < 1.29 is 0 Å². The van der Waals surface area contributed by atoms with Crippen LogP contribution in [0.4, 0.5) is 0 Å². The van der Waals surface area contributed by atoms with Crippen LogP contribution in [-0.2, 0) is 0 Å². The standard InChI is InChI=1S/C34H20/c1-2-8-21(9-3-1)28-14-15-29-27-13-7-6-12-24(27)18-31-30-19-25-16-22-10-4-5-11-23(22)17-26(25)20-32(30)33(28)34(29)31/h1-20H. The molecule has 0 unspecified atom stereocenters. The van der Waals surface area contributed by atoms with E-state index in [0.717, 1.165) is 0 Å². The Bertz CT molecular complexity index is 1940. The summed E-state index contributed by atoms with van der Waals surface area (Å²) in [5.74, 6) is 0. The van der Waals surface area contributed by atoms with Gasteiger partial charge in [0.25, 0.3) is 0 Å². The largest absolute Gasteiger partial charge is 0.0622 e. The number of benzene rings is 7. The van der Waals surface area contributed by atoms with Gasteiger partial charge in [-0.25, -0.2) is 0 Å². The highest BCUT2D eigenvalue weighted by molar-refractivity contribution is 6.27. The predicted molar refractivity (Wildman–Crippen MR) is 146 cm³/mol. The van der Waals surface area contributed by atoms with Gasteiger partial charge < -0.3 is 0 Å².